The van der Waals surface area contributed by atoms with Crippen LogP contribution in [-0.4, -0.2) is 71.2 Å². The SMILES string of the molecule is CC(C)CN(CC(C)C)CC(C)C.CC(C)CN(CC(C)C)CC(C)C.O=C(O)CC(=O)O. The molecule has 0 aliphatic carbocycles. The average Bonchev–Trinajstić information content (AvgIpc) is 2.50. The van der Waals surface area contributed by atoms with E-state index in [1.54, 1.807) is 0 Å². The molecule has 0 fully saturated rings. The molecule has 0 aromatic rings. The lowest BCUT2D eigenvalue weighted by Gasteiger charge is -2.27. The Balaban J connectivity index is -0.000000429. The molecular weight excluding hydrogens is 416 g/mol. The van der Waals surface area contributed by atoms with Crippen LogP contribution in [0.2, 0.25) is 0 Å². The fourth-order valence-corrected chi connectivity index (χ4v) is 3.67. The summed E-state index contributed by atoms with van der Waals surface area (Å²) < 4.78 is 0. The van der Waals surface area contributed by atoms with E-state index in [2.05, 4.69) is 92.9 Å². The molecule has 0 saturated heterocycles. The van der Waals surface area contributed by atoms with Crippen molar-refractivity contribution in [1.29, 1.82) is 0 Å². The molecule has 0 atom stereocenters. The van der Waals surface area contributed by atoms with E-state index >= 15 is 0 Å². The predicted molar refractivity (Wildman–Crippen MR) is 142 cm³/mol. The number of aliphatic carboxylic acids is 2. The maximum Gasteiger partial charge on any atom is 0.314 e. The minimum absolute atomic E-state index is 0.789. The Labute approximate surface area is 206 Å². The highest BCUT2D eigenvalue weighted by molar-refractivity contribution is 5.88. The van der Waals surface area contributed by atoms with Crippen molar-refractivity contribution in [2.45, 2.75) is 89.5 Å². The van der Waals surface area contributed by atoms with Gasteiger partial charge in [-0.05, 0) is 35.5 Å². The van der Waals surface area contributed by atoms with Gasteiger partial charge in [-0.25, -0.2) is 0 Å². The van der Waals surface area contributed by atoms with E-state index in [4.69, 9.17) is 10.2 Å². The monoisotopic (exact) mass is 474 g/mol. The number of hydrogen-bond acceptors (Lipinski definition) is 4. The molecule has 0 aliphatic heterocycles. The van der Waals surface area contributed by atoms with Crippen molar-refractivity contribution in [2.24, 2.45) is 35.5 Å². The molecule has 0 bridgehead atoms. The number of carbonyl (C=O) groups is 2. The van der Waals surface area contributed by atoms with Crippen LogP contribution in [0.3, 0.4) is 0 Å². The van der Waals surface area contributed by atoms with Gasteiger partial charge >= 0.3 is 11.9 Å². The van der Waals surface area contributed by atoms with Gasteiger partial charge in [0.15, 0.2) is 0 Å². The third-order valence-corrected chi connectivity index (χ3v) is 4.04. The molecule has 0 spiro atoms. The van der Waals surface area contributed by atoms with Gasteiger partial charge in [0.05, 0.1) is 0 Å². The lowest BCUT2D eigenvalue weighted by atomic mass is 10.1. The summed E-state index contributed by atoms with van der Waals surface area (Å²) >= 11 is 0. The van der Waals surface area contributed by atoms with Gasteiger partial charge < -0.3 is 20.0 Å². The van der Waals surface area contributed by atoms with E-state index in [-0.39, 0.29) is 0 Å². The summed E-state index contributed by atoms with van der Waals surface area (Å²) in [6, 6.07) is 0. The van der Waals surface area contributed by atoms with Gasteiger partial charge in [-0.1, -0.05) is 83.1 Å². The van der Waals surface area contributed by atoms with E-state index in [1.165, 1.54) is 39.3 Å². The van der Waals surface area contributed by atoms with Crippen LogP contribution in [0, 0.1) is 35.5 Å². The molecule has 2 N–H and O–H groups in total. The van der Waals surface area contributed by atoms with E-state index in [0.29, 0.717) is 0 Å². The first kappa shape index (κ1) is 36.4. The summed E-state index contributed by atoms with van der Waals surface area (Å²) in [6.45, 7) is 35.1. The van der Waals surface area contributed by atoms with Gasteiger partial charge in [-0.2, -0.15) is 0 Å². The maximum atomic E-state index is 9.43. The highest BCUT2D eigenvalue weighted by atomic mass is 16.4. The zero-order chi connectivity index (χ0) is 26.7. The number of rotatable bonds is 14. The van der Waals surface area contributed by atoms with Crippen LogP contribution in [0.1, 0.15) is 89.5 Å². The molecule has 0 saturated carbocycles. The summed E-state index contributed by atoms with van der Waals surface area (Å²) in [7, 11) is 0. The fraction of sp³-hybridized carbons (Fsp3) is 0.926. The molecule has 0 heterocycles. The fourth-order valence-electron chi connectivity index (χ4n) is 3.67. The zero-order valence-corrected chi connectivity index (χ0v) is 24.0. The number of carboxylic acids is 2. The quantitative estimate of drug-likeness (QED) is 0.298. The Morgan fingerprint density at radius 3 is 0.667 bits per heavy atom. The largest absolute Gasteiger partial charge is 0.481 e. The topological polar surface area (TPSA) is 81.1 Å². The van der Waals surface area contributed by atoms with E-state index in [1.807, 2.05) is 0 Å². The van der Waals surface area contributed by atoms with Crippen molar-refractivity contribution in [1.82, 2.24) is 9.80 Å². The van der Waals surface area contributed by atoms with Crippen LogP contribution in [-0.2, 0) is 9.59 Å². The van der Waals surface area contributed by atoms with Crippen molar-refractivity contribution in [3.05, 3.63) is 0 Å². The molecule has 6 heteroatoms. The molecule has 0 aliphatic rings. The molecular formula is C27H58N2O4. The van der Waals surface area contributed by atoms with Crippen molar-refractivity contribution < 1.29 is 19.8 Å². The van der Waals surface area contributed by atoms with Crippen LogP contribution < -0.4 is 0 Å². The van der Waals surface area contributed by atoms with Crippen molar-refractivity contribution in [3.63, 3.8) is 0 Å². The average molecular weight is 475 g/mol. The molecule has 0 radical (unpaired) electrons. The van der Waals surface area contributed by atoms with Crippen LogP contribution in [0.5, 0.6) is 0 Å². The van der Waals surface area contributed by atoms with Crippen LogP contribution >= 0.6 is 0 Å². The van der Waals surface area contributed by atoms with Gasteiger partial charge in [-0.3, -0.25) is 9.59 Å². The lowest BCUT2D eigenvalue weighted by Crippen LogP contribution is -2.34. The van der Waals surface area contributed by atoms with Gasteiger partial charge in [0.25, 0.3) is 0 Å². The van der Waals surface area contributed by atoms with Crippen molar-refractivity contribution >= 4 is 11.9 Å². The third-order valence-electron chi connectivity index (χ3n) is 4.04. The number of nitrogens with zero attached hydrogens (tertiary/aromatic N) is 2. The molecule has 0 aromatic carbocycles. The summed E-state index contributed by atoms with van der Waals surface area (Å²) in [6.07, 6.45) is -0.806. The van der Waals surface area contributed by atoms with Gasteiger partial charge in [0.2, 0.25) is 0 Å². The van der Waals surface area contributed by atoms with E-state index in [9.17, 15) is 9.59 Å². The summed E-state index contributed by atoms with van der Waals surface area (Å²) in [5.74, 6) is 2.11. The second kappa shape index (κ2) is 21.4. The first-order chi connectivity index (χ1) is 15.0. The molecule has 0 aromatic heterocycles. The van der Waals surface area contributed by atoms with Gasteiger partial charge in [0, 0.05) is 39.3 Å². The van der Waals surface area contributed by atoms with Gasteiger partial charge in [-0.15, -0.1) is 0 Å². The number of hydrogen-bond donors (Lipinski definition) is 2. The standard InChI is InChI=1S/2C12H27N.C3H4O4/c2*1-10(2)7-13(8-11(3)4)9-12(5)6;4-2(5)1-3(6)7/h2*10-12H,7-9H2,1-6H3;1H2,(H,4,5)(H,6,7). The van der Waals surface area contributed by atoms with Crippen LogP contribution in [0.15, 0.2) is 0 Å². The van der Waals surface area contributed by atoms with Crippen LogP contribution in [0.25, 0.3) is 0 Å². The van der Waals surface area contributed by atoms with Crippen molar-refractivity contribution in [2.75, 3.05) is 39.3 Å². The Morgan fingerprint density at radius 1 is 0.455 bits per heavy atom. The zero-order valence-electron chi connectivity index (χ0n) is 24.0. The highest BCUT2D eigenvalue weighted by Gasteiger charge is 2.11. The van der Waals surface area contributed by atoms with Crippen molar-refractivity contribution in [3.8, 4) is 0 Å². The minimum atomic E-state index is -1.31. The Kier molecular flexibility index (Phi) is 23.6. The Bertz CT molecular complexity index is 385. The third kappa shape index (κ3) is 35.6. The van der Waals surface area contributed by atoms with Gasteiger partial charge in [0.1, 0.15) is 6.42 Å². The molecule has 6 nitrogen and oxygen atoms in total. The predicted octanol–water partition coefficient (Wildman–Crippen LogP) is 6.06. The molecule has 33 heavy (non-hydrogen) atoms. The first-order valence-electron chi connectivity index (χ1n) is 12.8. The van der Waals surface area contributed by atoms with Crippen LogP contribution in [0.4, 0.5) is 0 Å². The smallest absolute Gasteiger partial charge is 0.314 e. The van der Waals surface area contributed by atoms with E-state index < -0.39 is 18.4 Å². The highest BCUT2D eigenvalue weighted by Crippen LogP contribution is 2.07. The second-order valence-corrected chi connectivity index (χ2v) is 11.8. The minimum Gasteiger partial charge on any atom is -0.481 e. The second-order valence-electron chi connectivity index (χ2n) is 11.8. The molecule has 0 rings (SSSR count). The summed E-state index contributed by atoms with van der Waals surface area (Å²) in [5, 5.41) is 15.4. The molecule has 200 valence electrons. The lowest BCUT2D eigenvalue weighted by molar-refractivity contribution is -0.147. The number of carboxylic acid groups (broad SMARTS) is 2. The normalized spacial score (nSPS) is 11.5. The maximum absolute atomic E-state index is 9.43. The summed E-state index contributed by atoms with van der Waals surface area (Å²) in [4.78, 5) is 24.1. The molecule has 0 amide bonds. The Morgan fingerprint density at radius 2 is 0.606 bits per heavy atom. The summed E-state index contributed by atoms with van der Waals surface area (Å²) in [5.41, 5.74) is 0. The Hall–Kier alpha value is -1.14. The first-order valence-corrected chi connectivity index (χ1v) is 12.8. The molecule has 0 unspecified atom stereocenters. The van der Waals surface area contributed by atoms with E-state index in [0.717, 1.165) is 35.5 Å².